The molecule has 1 unspecified atom stereocenters. The molecule has 2 rings (SSSR count). The molecule has 1 fully saturated rings. The molecular formula is C12H18ClNO3S. The summed E-state index contributed by atoms with van der Waals surface area (Å²) in [6, 6.07) is 0. The molecule has 1 aromatic heterocycles. The minimum absolute atomic E-state index is 0.154. The van der Waals surface area contributed by atoms with Crippen molar-refractivity contribution in [2.45, 2.75) is 38.0 Å². The van der Waals surface area contributed by atoms with Crippen LogP contribution >= 0.6 is 11.6 Å². The summed E-state index contributed by atoms with van der Waals surface area (Å²) < 4.78 is 32.2. The van der Waals surface area contributed by atoms with E-state index in [2.05, 4.69) is 6.92 Å². The summed E-state index contributed by atoms with van der Waals surface area (Å²) in [6.45, 7) is 6.64. The van der Waals surface area contributed by atoms with Crippen LogP contribution in [0.5, 0.6) is 0 Å². The van der Waals surface area contributed by atoms with Crippen LogP contribution in [0.2, 0.25) is 0 Å². The number of nitrogens with zero attached hydrogens (tertiary/aromatic N) is 1. The van der Waals surface area contributed by atoms with E-state index in [1.807, 2.05) is 0 Å². The highest BCUT2D eigenvalue weighted by atomic mass is 35.5. The molecule has 18 heavy (non-hydrogen) atoms. The molecule has 1 aliphatic heterocycles. The largest absolute Gasteiger partial charge is 0.465 e. The fraction of sp³-hybridized carbons (Fsp3) is 0.667. The van der Waals surface area contributed by atoms with E-state index in [9.17, 15) is 8.42 Å². The fourth-order valence-corrected chi connectivity index (χ4v) is 4.83. The smallest absolute Gasteiger partial charge is 0.246 e. The lowest BCUT2D eigenvalue weighted by atomic mass is 10.2. The third-order valence-electron chi connectivity index (χ3n) is 3.44. The fourth-order valence-electron chi connectivity index (χ4n) is 2.44. The second-order valence-corrected chi connectivity index (χ2v) is 7.05. The van der Waals surface area contributed by atoms with Crippen LogP contribution in [0.15, 0.2) is 9.31 Å². The Morgan fingerprint density at radius 3 is 2.56 bits per heavy atom. The van der Waals surface area contributed by atoms with E-state index in [0.29, 0.717) is 36.1 Å². The van der Waals surface area contributed by atoms with Crippen LogP contribution in [-0.2, 0) is 15.9 Å². The Labute approximate surface area is 113 Å². The molecule has 2 heterocycles. The number of aryl methyl sites for hydroxylation is 2. The molecule has 0 N–H and O–H groups in total. The Balaban J connectivity index is 2.47. The predicted molar refractivity (Wildman–Crippen MR) is 70.3 cm³/mol. The van der Waals surface area contributed by atoms with Gasteiger partial charge in [0.25, 0.3) is 0 Å². The van der Waals surface area contributed by atoms with E-state index < -0.39 is 10.0 Å². The summed E-state index contributed by atoms with van der Waals surface area (Å²) >= 11 is 5.85. The first-order valence-corrected chi connectivity index (χ1v) is 8.00. The summed E-state index contributed by atoms with van der Waals surface area (Å²) in [5.41, 5.74) is 0.591. The Hall–Kier alpha value is -0.520. The zero-order valence-electron chi connectivity index (χ0n) is 10.9. The molecule has 4 nitrogen and oxygen atoms in total. The number of halogens is 1. The molecule has 102 valence electrons. The molecule has 0 aliphatic carbocycles. The van der Waals surface area contributed by atoms with Crippen molar-refractivity contribution in [2.75, 3.05) is 13.1 Å². The highest BCUT2D eigenvalue weighted by molar-refractivity contribution is 7.89. The van der Waals surface area contributed by atoms with Gasteiger partial charge in [-0.2, -0.15) is 4.31 Å². The maximum absolute atomic E-state index is 12.6. The lowest BCUT2D eigenvalue weighted by Crippen LogP contribution is -2.29. The lowest BCUT2D eigenvalue weighted by Gasteiger charge is -2.16. The topological polar surface area (TPSA) is 50.5 Å². The third kappa shape index (κ3) is 2.19. The van der Waals surface area contributed by atoms with Gasteiger partial charge in [0.1, 0.15) is 16.4 Å². The summed E-state index contributed by atoms with van der Waals surface area (Å²) in [5, 5.41) is 0. The number of sulfonamides is 1. The van der Waals surface area contributed by atoms with Crippen molar-refractivity contribution in [1.29, 1.82) is 0 Å². The SMILES string of the molecule is Cc1oc(C)c(S(=O)(=O)N2CCC(C)C2)c1CCl. The van der Waals surface area contributed by atoms with E-state index in [-0.39, 0.29) is 10.8 Å². The molecular weight excluding hydrogens is 274 g/mol. The first-order valence-electron chi connectivity index (χ1n) is 6.03. The molecule has 1 saturated heterocycles. The van der Waals surface area contributed by atoms with Gasteiger partial charge in [-0.1, -0.05) is 6.92 Å². The minimum Gasteiger partial charge on any atom is -0.465 e. The molecule has 0 spiro atoms. The second kappa shape index (κ2) is 4.87. The van der Waals surface area contributed by atoms with E-state index in [1.165, 1.54) is 4.31 Å². The average molecular weight is 292 g/mol. The number of hydrogen-bond donors (Lipinski definition) is 0. The van der Waals surface area contributed by atoms with Crippen LogP contribution < -0.4 is 0 Å². The third-order valence-corrected chi connectivity index (χ3v) is 5.77. The van der Waals surface area contributed by atoms with E-state index in [0.717, 1.165) is 6.42 Å². The maximum atomic E-state index is 12.6. The van der Waals surface area contributed by atoms with Crippen LogP contribution in [0.4, 0.5) is 0 Å². The zero-order valence-corrected chi connectivity index (χ0v) is 12.4. The van der Waals surface area contributed by atoms with Crippen molar-refractivity contribution in [3.05, 3.63) is 17.1 Å². The molecule has 6 heteroatoms. The van der Waals surface area contributed by atoms with Gasteiger partial charge in [-0.3, -0.25) is 0 Å². The number of rotatable bonds is 3. The van der Waals surface area contributed by atoms with Crippen molar-refractivity contribution in [3.63, 3.8) is 0 Å². The Morgan fingerprint density at radius 1 is 1.39 bits per heavy atom. The van der Waals surface area contributed by atoms with Crippen LogP contribution in [0.3, 0.4) is 0 Å². The monoisotopic (exact) mass is 291 g/mol. The standard InChI is InChI=1S/C12H18ClNO3S/c1-8-4-5-14(7-8)18(15,16)12-10(3)17-9(2)11(12)6-13/h8H,4-7H2,1-3H3. The quantitative estimate of drug-likeness (QED) is 0.805. The highest BCUT2D eigenvalue weighted by Gasteiger charge is 2.35. The van der Waals surface area contributed by atoms with Gasteiger partial charge in [-0.15, -0.1) is 11.6 Å². The van der Waals surface area contributed by atoms with Crippen molar-refractivity contribution in [1.82, 2.24) is 4.31 Å². The van der Waals surface area contributed by atoms with Gasteiger partial charge in [0.2, 0.25) is 10.0 Å². The summed E-state index contributed by atoms with van der Waals surface area (Å²) in [4.78, 5) is 0.268. The van der Waals surface area contributed by atoms with Crippen molar-refractivity contribution >= 4 is 21.6 Å². The van der Waals surface area contributed by atoms with Crippen LogP contribution in [0, 0.1) is 19.8 Å². The highest BCUT2D eigenvalue weighted by Crippen LogP contribution is 2.32. The molecule has 1 aromatic rings. The van der Waals surface area contributed by atoms with Crippen LogP contribution in [0.1, 0.15) is 30.4 Å². The van der Waals surface area contributed by atoms with Crippen molar-refractivity contribution in [2.24, 2.45) is 5.92 Å². The van der Waals surface area contributed by atoms with Gasteiger partial charge >= 0.3 is 0 Å². The Kier molecular flexibility index (Phi) is 3.76. The van der Waals surface area contributed by atoms with Crippen LogP contribution in [0.25, 0.3) is 0 Å². The number of alkyl halides is 1. The van der Waals surface area contributed by atoms with Gasteiger partial charge in [0, 0.05) is 18.7 Å². The number of furan rings is 1. The first kappa shape index (κ1) is 13.9. The van der Waals surface area contributed by atoms with Gasteiger partial charge in [-0.05, 0) is 26.2 Å². The van der Waals surface area contributed by atoms with E-state index >= 15 is 0 Å². The normalized spacial score (nSPS) is 21.7. The van der Waals surface area contributed by atoms with Crippen LogP contribution in [-0.4, -0.2) is 25.8 Å². The lowest BCUT2D eigenvalue weighted by molar-refractivity contribution is 0.458. The van der Waals surface area contributed by atoms with Crippen molar-refractivity contribution in [3.8, 4) is 0 Å². The average Bonchev–Trinajstić information content (AvgIpc) is 2.82. The molecule has 0 aromatic carbocycles. The molecule has 1 atom stereocenters. The molecule has 1 aliphatic rings. The summed E-state index contributed by atoms with van der Waals surface area (Å²) in [6.07, 6.45) is 0.908. The summed E-state index contributed by atoms with van der Waals surface area (Å²) in [7, 11) is -3.47. The summed E-state index contributed by atoms with van der Waals surface area (Å²) in [5.74, 6) is 1.59. The Morgan fingerprint density at radius 2 is 2.06 bits per heavy atom. The molecule has 0 radical (unpaired) electrons. The molecule has 0 bridgehead atoms. The second-order valence-electron chi connectivity index (χ2n) is 4.91. The minimum atomic E-state index is -3.47. The van der Waals surface area contributed by atoms with Gasteiger partial charge < -0.3 is 4.42 Å². The number of hydrogen-bond acceptors (Lipinski definition) is 3. The maximum Gasteiger partial charge on any atom is 0.246 e. The molecule has 0 amide bonds. The van der Waals surface area contributed by atoms with Gasteiger partial charge in [0.15, 0.2) is 0 Å². The predicted octanol–water partition coefficient (Wildman–Crippen LogP) is 2.67. The molecule has 0 saturated carbocycles. The zero-order chi connectivity index (χ0) is 13.5. The first-order chi connectivity index (χ1) is 8.37. The van der Waals surface area contributed by atoms with E-state index in [1.54, 1.807) is 13.8 Å². The van der Waals surface area contributed by atoms with Gasteiger partial charge in [0.05, 0.1) is 5.88 Å². The van der Waals surface area contributed by atoms with Gasteiger partial charge in [-0.25, -0.2) is 8.42 Å². The Bertz CT molecular complexity index is 550. The van der Waals surface area contributed by atoms with Crippen molar-refractivity contribution < 1.29 is 12.8 Å². The van der Waals surface area contributed by atoms with E-state index in [4.69, 9.17) is 16.0 Å².